The predicted octanol–water partition coefficient (Wildman–Crippen LogP) is 3.10. The summed E-state index contributed by atoms with van der Waals surface area (Å²) >= 11 is 0. The van der Waals surface area contributed by atoms with Crippen molar-refractivity contribution in [3.8, 4) is 11.5 Å². The molecule has 8 nitrogen and oxygen atoms in total. The molecule has 0 bridgehead atoms. The molecule has 0 aromatic heterocycles. The van der Waals surface area contributed by atoms with Gasteiger partial charge in [0.2, 0.25) is 0 Å². The van der Waals surface area contributed by atoms with E-state index in [4.69, 9.17) is 9.47 Å². The number of carbonyl (C=O) groups excluding carboxylic acids is 2. The number of Topliss-reactive ketones (excluding diaryl/α,β-unsaturated/α-hetero) is 1. The first-order valence-corrected chi connectivity index (χ1v) is 9.50. The highest BCUT2D eigenvalue weighted by atomic mass is 16.6. The van der Waals surface area contributed by atoms with Gasteiger partial charge in [-0.3, -0.25) is 19.7 Å². The van der Waals surface area contributed by atoms with Gasteiger partial charge < -0.3 is 14.4 Å². The maximum Gasteiger partial charge on any atom is 0.270 e. The Morgan fingerprint density at radius 2 is 1.69 bits per heavy atom. The van der Waals surface area contributed by atoms with Gasteiger partial charge in [-0.05, 0) is 37.1 Å². The molecule has 2 aromatic carbocycles. The SMILES string of the molecule is O=C(c1ccc2c(c1)OCCO2)C1CCN(C(=O)c2cccc([N+](=O)[O-])c2)CC1. The maximum atomic E-state index is 12.9. The molecule has 0 N–H and O–H groups in total. The third kappa shape index (κ3) is 3.91. The molecule has 2 aliphatic rings. The van der Waals surface area contributed by atoms with E-state index in [1.165, 1.54) is 18.2 Å². The van der Waals surface area contributed by atoms with E-state index in [2.05, 4.69) is 0 Å². The average Bonchev–Trinajstić information content (AvgIpc) is 2.78. The molecule has 0 atom stereocenters. The second kappa shape index (κ2) is 7.90. The number of nitro benzene ring substituents is 1. The minimum Gasteiger partial charge on any atom is -0.486 e. The first kappa shape index (κ1) is 18.9. The van der Waals surface area contributed by atoms with Gasteiger partial charge in [0, 0.05) is 42.3 Å². The van der Waals surface area contributed by atoms with Crippen LogP contribution in [0.4, 0.5) is 5.69 Å². The lowest BCUT2D eigenvalue weighted by molar-refractivity contribution is -0.384. The van der Waals surface area contributed by atoms with Crippen molar-refractivity contribution in [2.75, 3.05) is 26.3 Å². The number of nitro groups is 1. The minimum atomic E-state index is -0.519. The van der Waals surface area contributed by atoms with Gasteiger partial charge in [-0.1, -0.05) is 6.07 Å². The number of rotatable bonds is 4. The lowest BCUT2D eigenvalue weighted by Gasteiger charge is -2.31. The fourth-order valence-electron chi connectivity index (χ4n) is 3.71. The van der Waals surface area contributed by atoms with Crippen LogP contribution in [0.3, 0.4) is 0 Å². The summed E-state index contributed by atoms with van der Waals surface area (Å²) in [5.41, 5.74) is 0.757. The summed E-state index contributed by atoms with van der Waals surface area (Å²) in [4.78, 5) is 37.6. The van der Waals surface area contributed by atoms with E-state index in [1.54, 1.807) is 29.2 Å². The van der Waals surface area contributed by atoms with Crippen LogP contribution in [0.15, 0.2) is 42.5 Å². The smallest absolute Gasteiger partial charge is 0.270 e. The molecule has 0 radical (unpaired) electrons. The first-order valence-electron chi connectivity index (χ1n) is 9.50. The summed E-state index contributed by atoms with van der Waals surface area (Å²) < 4.78 is 11.0. The molecule has 0 unspecified atom stereocenters. The largest absolute Gasteiger partial charge is 0.486 e. The maximum absolute atomic E-state index is 12.9. The van der Waals surface area contributed by atoms with Crippen molar-refractivity contribution < 1.29 is 24.0 Å². The van der Waals surface area contributed by atoms with Crippen LogP contribution >= 0.6 is 0 Å². The van der Waals surface area contributed by atoms with Gasteiger partial charge in [0.05, 0.1) is 4.92 Å². The highest BCUT2D eigenvalue weighted by Gasteiger charge is 2.29. The Labute approximate surface area is 167 Å². The number of likely N-dealkylation sites (tertiary alicyclic amines) is 1. The van der Waals surface area contributed by atoms with Gasteiger partial charge >= 0.3 is 0 Å². The van der Waals surface area contributed by atoms with Crippen molar-refractivity contribution in [1.82, 2.24) is 4.90 Å². The Morgan fingerprint density at radius 1 is 0.966 bits per heavy atom. The Balaban J connectivity index is 1.40. The van der Waals surface area contributed by atoms with E-state index in [-0.39, 0.29) is 28.9 Å². The van der Waals surface area contributed by atoms with Crippen molar-refractivity contribution in [3.05, 3.63) is 63.7 Å². The van der Waals surface area contributed by atoms with Crippen LogP contribution in [-0.4, -0.2) is 47.8 Å². The summed E-state index contributed by atoms with van der Waals surface area (Å²) in [6.07, 6.45) is 1.10. The molecule has 29 heavy (non-hydrogen) atoms. The zero-order valence-corrected chi connectivity index (χ0v) is 15.7. The van der Waals surface area contributed by atoms with Gasteiger partial charge in [-0.25, -0.2) is 0 Å². The van der Waals surface area contributed by atoms with Crippen LogP contribution in [0.25, 0.3) is 0 Å². The molecule has 8 heteroatoms. The van der Waals surface area contributed by atoms with Crippen LogP contribution in [0, 0.1) is 16.0 Å². The number of carbonyl (C=O) groups is 2. The normalized spacial score (nSPS) is 16.3. The van der Waals surface area contributed by atoms with Gasteiger partial charge in [-0.15, -0.1) is 0 Å². The summed E-state index contributed by atoms with van der Waals surface area (Å²) in [6, 6.07) is 10.9. The molecule has 2 heterocycles. The number of piperidine rings is 1. The van der Waals surface area contributed by atoms with Gasteiger partial charge in [-0.2, -0.15) is 0 Å². The minimum absolute atomic E-state index is 0.0319. The Morgan fingerprint density at radius 3 is 2.41 bits per heavy atom. The number of amides is 1. The van der Waals surface area contributed by atoms with E-state index in [1.807, 2.05) is 0 Å². The van der Waals surface area contributed by atoms with Crippen molar-refractivity contribution in [2.24, 2.45) is 5.92 Å². The quantitative estimate of drug-likeness (QED) is 0.447. The van der Waals surface area contributed by atoms with Crippen LogP contribution in [0.2, 0.25) is 0 Å². The fourth-order valence-corrected chi connectivity index (χ4v) is 3.71. The highest BCUT2D eigenvalue weighted by molar-refractivity contribution is 5.99. The third-order valence-electron chi connectivity index (χ3n) is 5.28. The van der Waals surface area contributed by atoms with Crippen LogP contribution < -0.4 is 9.47 Å². The van der Waals surface area contributed by atoms with Crippen LogP contribution in [-0.2, 0) is 0 Å². The van der Waals surface area contributed by atoms with Gasteiger partial charge in [0.25, 0.3) is 11.6 Å². The molecular formula is C21H20N2O6. The lowest BCUT2D eigenvalue weighted by atomic mass is 9.88. The van der Waals surface area contributed by atoms with Crippen molar-refractivity contribution in [3.63, 3.8) is 0 Å². The Hall–Kier alpha value is -3.42. The third-order valence-corrected chi connectivity index (χ3v) is 5.28. The fraction of sp³-hybridized carbons (Fsp3) is 0.333. The number of ketones is 1. The van der Waals surface area contributed by atoms with E-state index >= 15 is 0 Å². The monoisotopic (exact) mass is 396 g/mol. The van der Waals surface area contributed by atoms with Crippen molar-refractivity contribution in [2.45, 2.75) is 12.8 Å². The number of benzene rings is 2. The second-order valence-corrected chi connectivity index (χ2v) is 7.10. The Bertz CT molecular complexity index is 965. The predicted molar refractivity (Wildman–Crippen MR) is 103 cm³/mol. The van der Waals surface area contributed by atoms with Gasteiger partial charge in [0.1, 0.15) is 13.2 Å². The number of hydrogen-bond donors (Lipinski definition) is 0. The molecular weight excluding hydrogens is 376 g/mol. The molecule has 2 aliphatic heterocycles. The second-order valence-electron chi connectivity index (χ2n) is 7.10. The van der Waals surface area contributed by atoms with Gasteiger partial charge in [0.15, 0.2) is 17.3 Å². The zero-order valence-electron chi connectivity index (χ0n) is 15.7. The summed E-state index contributed by atoms with van der Waals surface area (Å²) in [5, 5.41) is 10.9. The molecule has 4 rings (SSSR count). The average molecular weight is 396 g/mol. The standard InChI is InChI=1S/C21H20N2O6/c24-20(15-4-5-18-19(13-15)29-11-10-28-18)14-6-8-22(9-7-14)21(25)16-2-1-3-17(12-16)23(26)27/h1-5,12-14H,6-11H2. The summed E-state index contributed by atoms with van der Waals surface area (Å²) in [7, 11) is 0. The number of nitrogens with zero attached hydrogens (tertiary/aromatic N) is 2. The Kier molecular flexibility index (Phi) is 5.16. The molecule has 0 saturated carbocycles. The molecule has 2 aromatic rings. The van der Waals surface area contributed by atoms with Crippen molar-refractivity contribution in [1.29, 1.82) is 0 Å². The number of ether oxygens (including phenoxy) is 2. The molecule has 0 spiro atoms. The van der Waals surface area contributed by atoms with E-state index in [0.717, 1.165) is 0 Å². The molecule has 1 fully saturated rings. The topological polar surface area (TPSA) is 99.0 Å². The number of non-ortho nitro benzene ring substituents is 1. The number of hydrogen-bond acceptors (Lipinski definition) is 6. The molecule has 0 aliphatic carbocycles. The molecule has 150 valence electrons. The van der Waals surface area contributed by atoms with Crippen molar-refractivity contribution >= 4 is 17.4 Å². The van der Waals surface area contributed by atoms with E-state index in [0.29, 0.717) is 56.2 Å². The first-order chi connectivity index (χ1) is 14.0. The summed E-state index contributed by atoms with van der Waals surface area (Å²) in [6.45, 7) is 1.82. The van der Waals surface area contributed by atoms with Crippen LogP contribution in [0.1, 0.15) is 33.6 Å². The van der Waals surface area contributed by atoms with E-state index < -0.39 is 4.92 Å². The zero-order chi connectivity index (χ0) is 20.4. The lowest BCUT2D eigenvalue weighted by Crippen LogP contribution is -2.40. The van der Waals surface area contributed by atoms with Crippen LogP contribution in [0.5, 0.6) is 11.5 Å². The molecule has 1 amide bonds. The molecule has 1 saturated heterocycles. The van der Waals surface area contributed by atoms with E-state index in [9.17, 15) is 19.7 Å². The highest BCUT2D eigenvalue weighted by Crippen LogP contribution is 2.32. The summed E-state index contributed by atoms with van der Waals surface area (Å²) in [5.74, 6) is 0.834. The number of fused-ring (bicyclic) bond motifs is 1.